The summed E-state index contributed by atoms with van der Waals surface area (Å²) in [5, 5.41) is 3.47. The van der Waals surface area contributed by atoms with Crippen molar-refractivity contribution in [1.82, 2.24) is 10.3 Å². The first-order valence-corrected chi connectivity index (χ1v) is 4.53. The maximum atomic E-state index is 4.28. The quantitative estimate of drug-likeness (QED) is 0.681. The lowest BCUT2D eigenvalue weighted by molar-refractivity contribution is 0.640. The van der Waals surface area contributed by atoms with Crippen molar-refractivity contribution in [3.8, 4) is 0 Å². The van der Waals surface area contributed by atoms with Crippen LogP contribution in [0, 0.1) is 6.92 Å². The zero-order valence-corrected chi connectivity index (χ0v) is 7.38. The maximum Gasteiger partial charge on any atom is 0.0420 e. The van der Waals surface area contributed by atoms with Crippen LogP contribution in [0.1, 0.15) is 30.1 Å². The van der Waals surface area contributed by atoms with Crippen LogP contribution in [0.25, 0.3) is 0 Å². The Morgan fingerprint density at radius 2 is 2.50 bits per heavy atom. The van der Waals surface area contributed by atoms with Crippen LogP contribution in [0.2, 0.25) is 0 Å². The van der Waals surface area contributed by atoms with E-state index in [1.807, 2.05) is 12.3 Å². The zero-order chi connectivity index (χ0) is 8.39. The SMILES string of the molecule is Cc1ncccc1[C@@H]1CCCN1. The van der Waals surface area contributed by atoms with Crippen molar-refractivity contribution in [2.45, 2.75) is 25.8 Å². The molecule has 1 N–H and O–H groups in total. The zero-order valence-electron chi connectivity index (χ0n) is 7.38. The van der Waals surface area contributed by atoms with Gasteiger partial charge in [-0.3, -0.25) is 4.98 Å². The Morgan fingerprint density at radius 1 is 1.58 bits per heavy atom. The number of hydrogen-bond acceptors (Lipinski definition) is 2. The third-order valence-corrected chi connectivity index (χ3v) is 2.48. The molecule has 12 heavy (non-hydrogen) atoms. The van der Waals surface area contributed by atoms with E-state index < -0.39 is 0 Å². The minimum absolute atomic E-state index is 0.554. The second-order valence-corrected chi connectivity index (χ2v) is 3.33. The van der Waals surface area contributed by atoms with E-state index in [4.69, 9.17) is 0 Å². The second-order valence-electron chi connectivity index (χ2n) is 3.33. The average molecular weight is 162 g/mol. The predicted octanol–water partition coefficient (Wildman–Crippen LogP) is 1.81. The maximum absolute atomic E-state index is 4.28. The van der Waals surface area contributed by atoms with Gasteiger partial charge in [0.1, 0.15) is 0 Å². The van der Waals surface area contributed by atoms with Crippen molar-refractivity contribution < 1.29 is 0 Å². The minimum atomic E-state index is 0.554. The molecule has 64 valence electrons. The Kier molecular flexibility index (Phi) is 2.09. The lowest BCUT2D eigenvalue weighted by Crippen LogP contribution is -2.14. The van der Waals surface area contributed by atoms with E-state index >= 15 is 0 Å². The summed E-state index contributed by atoms with van der Waals surface area (Å²) >= 11 is 0. The number of aromatic nitrogens is 1. The Labute approximate surface area is 73.0 Å². The molecule has 2 rings (SSSR count). The van der Waals surface area contributed by atoms with Gasteiger partial charge in [0.25, 0.3) is 0 Å². The Balaban J connectivity index is 2.26. The molecule has 1 aliphatic rings. The van der Waals surface area contributed by atoms with E-state index in [0.29, 0.717) is 6.04 Å². The smallest absolute Gasteiger partial charge is 0.0420 e. The molecule has 1 aromatic rings. The number of nitrogens with zero attached hydrogens (tertiary/aromatic N) is 1. The fourth-order valence-electron chi connectivity index (χ4n) is 1.81. The van der Waals surface area contributed by atoms with Crippen molar-refractivity contribution in [1.29, 1.82) is 0 Å². The Bertz CT molecular complexity index is 264. The van der Waals surface area contributed by atoms with Crippen LogP contribution in [0.15, 0.2) is 18.3 Å². The normalized spacial score (nSPS) is 22.9. The molecule has 1 fully saturated rings. The van der Waals surface area contributed by atoms with Crippen LogP contribution in [0.4, 0.5) is 0 Å². The summed E-state index contributed by atoms with van der Waals surface area (Å²) in [5.74, 6) is 0. The number of rotatable bonds is 1. The van der Waals surface area contributed by atoms with E-state index in [-0.39, 0.29) is 0 Å². The minimum Gasteiger partial charge on any atom is -0.310 e. The molecule has 0 spiro atoms. The first-order chi connectivity index (χ1) is 5.88. The lowest BCUT2D eigenvalue weighted by Gasteiger charge is -2.11. The summed E-state index contributed by atoms with van der Waals surface area (Å²) in [7, 11) is 0. The van der Waals surface area contributed by atoms with Gasteiger partial charge >= 0.3 is 0 Å². The van der Waals surface area contributed by atoms with Crippen LogP contribution >= 0.6 is 0 Å². The van der Waals surface area contributed by atoms with E-state index in [2.05, 4.69) is 23.3 Å². The van der Waals surface area contributed by atoms with Gasteiger partial charge in [-0.25, -0.2) is 0 Å². The summed E-state index contributed by atoms with van der Waals surface area (Å²) in [6, 6.07) is 4.74. The third kappa shape index (κ3) is 1.34. The van der Waals surface area contributed by atoms with Crippen LogP contribution in [0.3, 0.4) is 0 Å². The van der Waals surface area contributed by atoms with Crippen molar-refractivity contribution in [3.05, 3.63) is 29.6 Å². The molecule has 2 nitrogen and oxygen atoms in total. The summed E-state index contributed by atoms with van der Waals surface area (Å²) in [6.07, 6.45) is 4.40. The highest BCUT2D eigenvalue weighted by Gasteiger charge is 2.17. The van der Waals surface area contributed by atoms with Gasteiger partial charge in [0.05, 0.1) is 0 Å². The molecule has 0 radical (unpaired) electrons. The van der Waals surface area contributed by atoms with E-state index in [1.165, 1.54) is 18.4 Å². The standard InChI is InChI=1S/C10H14N2/c1-8-9(4-2-6-11-8)10-5-3-7-12-10/h2,4,6,10,12H,3,5,7H2,1H3/t10-/m0/s1. The fraction of sp³-hybridized carbons (Fsp3) is 0.500. The Hall–Kier alpha value is -0.890. The van der Waals surface area contributed by atoms with E-state index in [0.717, 1.165) is 12.2 Å². The molecular formula is C10H14N2. The molecule has 2 heteroatoms. The summed E-state index contributed by atoms with van der Waals surface area (Å²) < 4.78 is 0. The van der Waals surface area contributed by atoms with Gasteiger partial charge < -0.3 is 5.32 Å². The summed E-state index contributed by atoms with van der Waals surface area (Å²) in [5.41, 5.74) is 2.53. The van der Waals surface area contributed by atoms with Crippen molar-refractivity contribution in [2.24, 2.45) is 0 Å². The molecule has 0 aromatic carbocycles. The topological polar surface area (TPSA) is 24.9 Å². The highest BCUT2D eigenvalue weighted by Crippen LogP contribution is 2.23. The molecule has 1 aromatic heterocycles. The second kappa shape index (κ2) is 3.23. The van der Waals surface area contributed by atoms with Gasteiger partial charge in [-0.1, -0.05) is 6.07 Å². The van der Waals surface area contributed by atoms with Crippen molar-refractivity contribution >= 4 is 0 Å². The van der Waals surface area contributed by atoms with Gasteiger partial charge in [-0.2, -0.15) is 0 Å². The van der Waals surface area contributed by atoms with E-state index in [1.54, 1.807) is 0 Å². The fourth-order valence-corrected chi connectivity index (χ4v) is 1.81. The molecular weight excluding hydrogens is 148 g/mol. The molecule has 0 aliphatic carbocycles. The first-order valence-electron chi connectivity index (χ1n) is 4.53. The molecule has 2 heterocycles. The molecule has 0 unspecified atom stereocenters. The monoisotopic (exact) mass is 162 g/mol. The molecule has 0 bridgehead atoms. The number of hydrogen-bond donors (Lipinski definition) is 1. The third-order valence-electron chi connectivity index (χ3n) is 2.48. The molecule has 1 aliphatic heterocycles. The van der Waals surface area contributed by atoms with Crippen molar-refractivity contribution in [3.63, 3.8) is 0 Å². The molecule has 1 saturated heterocycles. The molecule has 0 saturated carbocycles. The van der Waals surface area contributed by atoms with E-state index in [9.17, 15) is 0 Å². The number of aryl methyl sites for hydroxylation is 1. The summed E-state index contributed by atoms with van der Waals surface area (Å²) in [4.78, 5) is 4.28. The van der Waals surface area contributed by atoms with Gasteiger partial charge in [-0.15, -0.1) is 0 Å². The molecule has 1 atom stereocenters. The number of nitrogens with one attached hydrogen (secondary N) is 1. The average Bonchev–Trinajstić information content (AvgIpc) is 2.57. The largest absolute Gasteiger partial charge is 0.310 e. The number of pyridine rings is 1. The highest BCUT2D eigenvalue weighted by atomic mass is 14.9. The van der Waals surface area contributed by atoms with Crippen LogP contribution in [-0.4, -0.2) is 11.5 Å². The van der Waals surface area contributed by atoms with Gasteiger partial charge in [0, 0.05) is 17.9 Å². The van der Waals surface area contributed by atoms with Gasteiger partial charge in [0.2, 0.25) is 0 Å². The lowest BCUT2D eigenvalue weighted by atomic mass is 10.0. The first kappa shape index (κ1) is 7.74. The van der Waals surface area contributed by atoms with Crippen LogP contribution in [-0.2, 0) is 0 Å². The Morgan fingerprint density at radius 3 is 3.17 bits per heavy atom. The van der Waals surface area contributed by atoms with Gasteiger partial charge in [0.15, 0.2) is 0 Å². The predicted molar refractivity (Wildman–Crippen MR) is 49.0 cm³/mol. The molecule has 0 amide bonds. The highest BCUT2D eigenvalue weighted by molar-refractivity contribution is 5.23. The van der Waals surface area contributed by atoms with Crippen molar-refractivity contribution in [2.75, 3.05) is 6.54 Å². The van der Waals surface area contributed by atoms with Crippen LogP contribution < -0.4 is 5.32 Å². The van der Waals surface area contributed by atoms with Crippen LogP contribution in [0.5, 0.6) is 0 Å². The summed E-state index contributed by atoms with van der Waals surface area (Å²) in [6.45, 7) is 3.23. The van der Waals surface area contributed by atoms with Gasteiger partial charge in [-0.05, 0) is 37.9 Å².